The van der Waals surface area contributed by atoms with Gasteiger partial charge in [0.15, 0.2) is 0 Å². The minimum Gasteiger partial charge on any atom is -0.373 e. The summed E-state index contributed by atoms with van der Waals surface area (Å²) in [5.74, 6) is -0.0199. The Morgan fingerprint density at radius 3 is 3.00 bits per heavy atom. The van der Waals surface area contributed by atoms with Crippen molar-refractivity contribution < 1.29 is 9.53 Å². The molecule has 2 unspecified atom stereocenters. The fourth-order valence-corrected chi connectivity index (χ4v) is 3.28. The van der Waals surface area contributed by atoms with E-state index in [9.17, 15) is 4.79 Å². The highest BCUT2D eigenvalue weighted by molar-refractivity contribution is 14.1. The summed E-state index contributed by atoms with van der Waals surface area (Å²) in [7, 11) is 0. The van der Waals surface area contributed by atoms with Crippen LogP contribution in [-0.4, -0.2) is 49.2 Å². The molecule has 2 fully saturated rings. The molecule has 0 saturated carbocycles. The normalized spacial score (nSPS) is 26.2. The first-order valence-corrected chi connectivity index (χ1v) is 8.19. The van der Waals surface area contributed by atoms with Crippen LogP contribution in [0.4, 0.5) is 0 Å². The van der Waals surface area contributed by atoms with Crippen LogP contribution in [0.2, 0.25) is 0 Å². The number of nitrogens with zero attached hydrogens (tertiary/aromatic N) is 1. The fraction of sp³-hybridized carbons (Fsp3) is 0.533. The van der Waals surface area contributed by atoms with Gasteiger partial charge in [-0.05, 0) is 66.2 Å². The van der Waals surface area contributed by atoms with Crippen molar-refractivity contribution in [3.63, 3.8) is 0 Å². The zero-order valence-corrected chi connectivity index (χ0v) is 13.5. The number of halogens is 1. The number of nitrogens with one attached hydrogen (secondary N) is 1. The minimum absolute atomic E-state index is 0.0199. The average Bonchev–Trinajstić information content (AvgIpc) is 2.93. The quantitative estimate of drug-likeness (QED) is 0.807. The zero-order valence-electron chi connectivity index (χ0n) is 11.3. The van der Waals surface area contributed by atoms with Crippen LogP contribution < -0.4 is 5.32 Å². The van der Waals surface area contributed by atoms with Crippen LogP contribution in [0.3, 0.4) is 0 Å². The number of amides is 1. The van der Waals surface area contributed by atoms with Crippen LogP contribution in [-0.2, 0) is 4.74 Å². The van der Waals surface area contributed by atoms with E-state index in [-0.39, 0.29) is 12.0 Å². The Hall–Kier alpha value is -0.660. The van der Waals surface area contributed by atoms with E-state index in [4.69, 9.17) is 4.74 Å². The highest BCUT2D eigenvalue weighted by Crippen LogP contribution is 2.22. The standard InChI is InChI=1S/C15H19IN2O2/c16-12-5-3-11(4-6-12)15(19)17-8-14-9-18-7-1-2-13(18)10-20-14/h3-6,13-14H,1-2,7-10H2,(H,17,19). The molecule has 0 bridgehead atoms. The van der Waals surface area contributed by atoms with E-state index in [2.05, 4.69) is 32.8 Å². The van der Waals surface area contributed by atoms with Gasteiger partial charge in [0.05, 0.1) is 12.7 Å². The van der Waals surface area contributed by atoms with Crippen molar-refractivity contribution in [2.75, 3.05) is 26.2 Å². The van der Waals surface area contributed by atoms with Crippen LogP contribution in [0.5, 0.6) is 0 Å². The van der Waals surface area contributed by atoms with Gasteiger partial charge < -0.3 is 10.1 Å². The van der Waals surface area contributed by atoms with E-state index in [1.807, 2.05) is 24.3 Å². The molecule has 3 rings (SSSR count). The Bertz CT molecular complexity index is 477. The van der Waals surface area contributed by atoms with Crippen molar-refractivity contribution >= 4 is 28.5 Å². The number of benzene rings is 1. The van der Waals surface area contributed by atoms with Crippen LogP contribution >= 0.6 is 22.6 Å². The summed E-state index contributed by atoms with van der Waals surface area (Å²) in [5, 5.41) is 2.97. The second-order valence-corrected chi connectivity index (χ2v) is 6.71. The van der Waals surface area contributed by atoms with Gasteiger partial charge in [-0.2, -0.15) is 0 Å². The SMILES string of the molecule is O=C(NCC1CN2CCCC2CO1)c1ccc(I)cc1. The van der Waals surface area contributed by atoms with Crippen LogP contribution in [0.25, 0.3) is 0 Å². The van der Waals surface area contributed by atoms with Gasteiger partial charge in [-0.3, -0.25) is 9.69 Å². The summed E-state index contributed by atoms with van der Waals surface area (Å²) >= 11 is 2.23. The summed E-state index contributed by atoms with van der Waals surface area (Å²) in [6.45, 7) is 3.52. The molecule has 0 aromatic heterocycles. The number of carbonyl (C=O) groups excluding carboxylic acids is 1. The molecule has 4 nitrogen and oxygen atoms in total. The third-order valence-electron chi connectivity index (χ3n) is 4.06. The van der Waals surface area contributed by atoms with Crippen LogP contribution in [0.1, 0.15) is 23.2 Å². The second-order valence-electron chi connectivity index (χ2n) is 5.46. The van der Waals surface area contributed by atoms with E-state index >= 15 is 0 Å². The van der Waals surface area contributed by atoms with E-state index < -0.39 is 0 Å². The fourth-order valence-electron chi connectivity index (χ4n) is 2.92. The molecule has 1 amide bonds. The summed E-state index contributed by atoms with van der Waals surface area (Å²) in [4.78, 5) is 14.5. The molecule has 2 aliphatic rings. The Balaban J connectivity index is 1.49. The molecule has 1 N–H and O–H groups in total. The van der Waals surface area contributed by atoms with Gasteiger partial charge in [-0.1, -0.05) is 0 Å². The van der Waals surface area contributed by atoms with Gasteiger partial charge in [0.2, 0.25) is 0 Å². The highest BCUT2D eigenvalue weighted by atomic mass is 127. The first kappa shape index (κ1) is 14.3. The number of morpholine rings is 1. The predicted octanol–water partition coefficient (Wildman–Crippen LogP) is 1.88. The number of rotatable bonds is 3. The van der Waals surface area contributed by atoms with E-state index in [0.29, 0.717) is 18.2 Å². The highest BCUT2D eigenvalue weighted by Gasteiger charge is 2.32. The molecule has 2 saturated heterocycles. The molecule has 0 radical (unpaired) electrons. The molecule has 0 aliphatic carbocycles. The maximum atomic E-state index is 12.0. The Labute approximate surface area is 133 Å². The number of carbonyl (C=O) groups is 1. The summed E-state index contributed by atoms with van der Waals surface area (Å²) in [5.41, 5.74) is 0.709. The number of hydrogen-bond donors (Lipinski definition) is 1. The Morgan fingerprint density at radius 2 is 2.20 bits per heavy atom. The lowest BCUT2D eigenvalue weighted by atomic mass is 10.2. The summed E-state index contributed by atoms with van der Waals surface area (Å²) in [6.07, 6.45) is 2.65. The number of fused-ring (bicyclic) bond motifs is 1. The van der Waals surface area contributed by atoms with Crippen LogP contribution in [0.15, 0.2) is 24.3 Å². The van der Waals surface area contributed by atoms with Gasteiger partial charge in [0, 0.05) is 28.3 Å². The minimum atomic E-state index is -0.0199. The molecular weight excluding hydrogens is 367 g/mol. The maximum Gasteiger partial charge on any atom is 0.251 e. The number of ether oxygens (including phenoxy) is 1. The van der Waals surface area contributed by atoms with Gasteiger partial charge in [0.25, 0.3) is 5.91 Å². The third-order valence-corrected chi connectivity index (χ3v) is 4.78. The monoisotopic (exact) mass is 386 g/mol. The summed E-state index contributed by atoms with van der Waals surface area (Å²) < 4.78 is 6.97. The first-order chi connectivity index (χ1) is 9.72. The molecular formula is C15H19IN2O2. The molecule has 1 aromatic rings. The second kappa shape index (κ2) is 6.41. The molecule has 2 atom stereocenters. The van der Waals surface area contributed by atoms with Gasteiger partial charge >= 0.3 is 0 Å². The Morgan fingerprint density at radius 1 is 1.40 bits per heavy atom. The molecule has 2 heterocycles. The van der Waals surface area contributed by atoms with Gasteiger partial charge in [-0.25, -0.2) is 0 Å². The molecule has 20 heavy (non-hydrogen) atoms. The van der Waals surface area contributed by atoms with Crippen molar-refractivity contribution in [2.24, 2.45) is 0 Å². The topological polar surface area (TPSA) is 41.6 Å². The van der Waals surface area contributed by atoms with Gasteiger partial charge in [-0.15, -0.1) is 0 Å². The first-order valence-electron chi connectivity index (χ1n) is 7.12. The lowest BCUT2D eigenvalue weighted by Crippen LogP contribution is -2.50. The van der Waals surface area contributed by atoms with E-state index in [1.165, 1.54) is 19.4 Å². The Kier molecular flexibility index (Phi) is 4.58. The van der Waals surface area contributed by atoms with E-state index in [1.54, 1.807) is 0 Å². The van der Waals surface area contributed by atoms with Crippen molar-refractivity contribution in [3.05, 3.63) is 33.4 Å². The van der Waals surface area contributed by atoms with Crippen molar-refractivity contribution in [1.29, 1.82) is 0 Å². The van der Waals surface area contributed by atoms with Crippen molar-refractivity contribution in [1.82, 2.24) is 10.2 Å². The third kappa shape index (κ3) is 3.32. The molecule has 0 spiro atoms. The smallest absolute Gasteiger partial charge is 0.251 e. The molecule has 5 heteroatoms. The predicted molar refractivity (Wildman–Crippen MR) is 85.8 cm³/mol. The molecule has 2 aliphatic heterocycles. The summed E-state index contributed by atoms with van der Waals surface area (Å²) in [6, 6.07) is 8.21. The lowest BCUT2D eigenvalue weighted by Gasteiger charge is -2.35. The largest absolute Gasteiger partial charge is 0.373 e. The maximum absolute atomic E-state index is 12.0. The number of hydrogen-bond acceptors (Lipinski definition) is 3. The lowest BCUT2D eigenvalue weighted by molar-refractivity contribution is -0.0461. The van der Waals surface area contributed by atoms with Gasteiger partial charge in [0.1, 0.15) is 0 Å². The average molecular weight is 386 g/mol. The van der Waals surface area contributed by atoms with Crippen molar-refractivity contribution in [2.45, 2.75) is 25.0 Å². The van der Waals surface area contributed by atoms with E-state index in [0.717, 1.165) is 16.7 Å². The van der Waals surface area contributed by atoms with Crippen LogP contribution in [0, 0.1) is 3.57 Å². The zero-order chi connectivity index (χ0) is 13.9. The molecule has 108 valence electrons. The van der Waals surface area contributed by atoms with Crippen molar-refractivity contribution in [3.8, 4) is 0 Å². The molecule has 1 aromatic carbocycles.